The minimum absolute atomic E-state index is 0.181. The van der Waals surface area contributed by atoms with Crippen LogP contribution in [0.5, 0.6) is 0 Å². The third-order valence-electron chi connectivity index (χ3n) is 4.95. The Hall–Kier alpha value is -1.59. The SMILES string of the molecule is NS(=O)(=O)c1ccc(-c2c3c(n4c2CCC4)CCCC3)cc1. The fourth-order valence-corrected chi connectivity index (χ4v) is 4.53. The van der Waals surface area contributed by atoms with Crippen LogP contribution in [0.25, 0.3) is 11.1 Å². The average Bonchev–Trinajstić information content (AvgIpc) is 3.07. The van der Waals surface area contributed by atoms with Crippen LogP contribution in [-0.4, -0.2) is 13.0 Å². The molecule has 0 amide bonds. The van der Waals surface area contributed by atoms with Crippen LogP contribution in [0.15, 0.2) is 29.2 Å². The van der Waals surface area contributed by atoms with Crippen molar-refractivity contribution in [3.8, 4) is 11.1 Å². The fourth-order valence-electron chi connectivity index (χ4n) is 4.02. The smallest absolute Gasteiger partial charge is 0.238 e. The largest absolute Gasteiger partial charge is 0.348 e. The van der Waals surface area contributed by atoms with Crippen molar-refractivity contribution in [1.82, 2.24) is 4.57 Å². The highest BCUT2D eigenvalue weighted by Crippen LogP contribution is 2.40. The summed E-state index contributed by atoms with van der Waals surface area (Å²) in [7, 11) is -3.62. The number of fused-ring (bicyclic) bond motifs is 3. The van der Waals surface area contributed by atoms with Crippen LogP contribution in [0.1, 0.15) is 36.2 Å². The van der Waals surface area contributed by atoms with Crippen molar-refractivity contribution in [3.05, 3.63) is 41.2 Å². The fraction of sp³-hybridized carbons (Fsp3) is 0.412. The molecule has 116 valence electrons. The Kier molecular flexibility index (Phi) is 3.16. The summed E-state index contributed by atoms with van der Waals surface area (Å²) in [5.41, 5.74) is 6.93. The second-order valence-electron chi connectivity index (χ2n) is 6.28. The predicted molar refractivity (Wildman–Crippen MR) is 86.2 cm³/mol. The van der Waals surface area contributed by atoms with E-state index in [-0.39, 0.29) is 4.90 Å². The first-order valence-electron chi connectivity index (χ1n) is 7.92. The molecule has 0 fully saturated rings. The van der Waals surface area contributed by atoms with Gasteiger partial charge in [0.25, 0.3) is 0 Å². The quantitative estimate of drug-likeness (QED) is 0.925. The van der Waals surface area contributed by atoms with Gasteiger partial charge in [-0.3, -0.25) is 0 Å². The first-order valence-corrected chi connectivity index (χ1v) is 9.46. The van der Waals surface area contributed by atoms with Crippen LogP contribution >= 0.6 is 0 Å². The van der Waals surface area contributed by atoms with Gasteiger partial charge in [-0.25, -0.2) is 13.6 Å². The number of aromatic nitrogens is 1. The van der Waals surface area contributed by atoms with E-state index in [1.165, 1.54) is 48.2 Å². The second-order valence-corrected chi connectivity index (χ2v) is 7.84. The molecule has 0 saturated heterocycles. The lowest BCUT2D eigenvalue weighted by Crippen LogP contribution is -2.11. The number of nitrogens with two attached hydrogens (primary N) is 1. The van der Waals surface area contributed by atoms with E-state index in [0.29, 0.717) is 0 Å². The molecule has 0 atom stereocenters. The molecule has 2 N–H and O–H groups in total. The van der Waals surface area contributed by atoms with Crippen LogP contribution in [0.3, 0.4) is 0 Å². The van der Waals surface area contributed by atoms with Crippen molar-refractivity contribution in [1.29, 1.82) is 0 Å². The Morgan fingerprint density at radius 1 is 0.909 bits per heavy atom. The molecule has 1 aliphatic carbocycles. The summed E-state index contributed by atoms with van der Waals surface area (Å²) in [5, 5.41) is 5.19. The van der Waals surface area contributed by atoms with Crippen molar-refractivity contribution in [2.24, 2.45) is 5.14 Å². The Morgan fingerprint density at radius 2 is 1.59 bits per heavy atom. The van der Waals surface area contributed by atoms with Gasteiger partial charge in [0, 0.05) is 23.5 Å². The third-order valence-corrected chi connectivity index (χ3v) is 5.88. The highest BCUT2D eigenvalue weighted by molar-refractivity contribution is 7.89. The van der Waals surface area contributed by atoms with Crippen molar-refractivity contribution < 1.29 is 8.42 Å². The Morgan fingerprint density at radius 3 is 2.32 bits per heavy atom. The highest BCUT2D eigenvalue weighted by atomic mass is 32.2. The zero-order valence-electron chi connectivity index (χ0n) is 12.5. The molecule has 5 heteroatoms. The van der Waals surface area contributed by atoms with E-state index in [2.05, 4.69) is 4.57 Å². The average molecular weight is 316 g/mol. The number of hydrogen-bond acceptors (Lipinski definition) is 2. The Bertz CT molecular complexity index is 833. The predicted octanol–water partition coefficient (Wildman–Crippen LogP) is 2.63. The molecular weight excluding hydrogens is 296 g/mol. The third kappa shape index (κ3) is 2.11. The molecular formula is C17H20N2O2S. The van der Waals surface area contributed by atoms with Gasteiger partial charge in [-0.2, -0.15) is 0 Å². The number of nitrogens with zero attached hydrogens (tertiary/aromatic N) is 1. The van der Waals surface area contributed by atoms with E-state index in [4.69, 9.17) is 5.14 Å². The van der Waals surface area contributed by atoms with Gasteiger partial charge in [-0.1, -0.05) is 12.1 Å². The van der Waals surface area contributed by atoms with Gasteiger partial charge >= 0.3 is 0 Å². The minimum Gasteiger partial charge on any atom is -0.348 e. The molecule has 1 aromatic carbocycles. The number of benzene rings is 1. The summed E-state index contributed by atoms with van der Waals surface area (Å²) in [4.78, 5) is 0.181. The molecule has 2 heterocycles. The van der Waals surface area contributed by atoms with Gasteiger partial charge in [-0.05, 0) is 61.8 Å². The Labute approximate surface area is 131 Å². The number of sulfonamides is 1. The zero-order valence-corrected chi connectivity index (χ0v) is 13.3. The maximum Gasteiger partial charge on any atom is 0.238 e. The number of rotatable bonds is 2. The zero-order chi connectivity index (χ0) is 15.3. The molecule has 1 aromatic heterocycles. The van der Waals surface area contributed by atoms with Gasteiger partial charge in [-0.15, -0.1) is 0 Å². The first-order chi connectivity index (χ1) is 10.6. The maximum absolute atomic E-state index is 11.4. The standard InChI is InChI=1S/C17H20N2O2S/c18-22(20,21)13-9-7-12(8-10-13)17-14-4-1-2-5-15(14)19-11-3-6-16(17)19/h7-10H,1-6,11H2,(H2,18,20,21). The van der Waals surface area contributed by atoms with E-state index in [1.54, 1.807) is 12.1 Å². The molecule has 0 bridgehead atoms. The van der Waals surface area contributed by atoms with Crippen molar-refractivity contribution >= 4 is 10.0 Å². The summed E-state index contributed by atoms with van der Waals surface area (Å²) in [6, 6.07) is 7.06. The summed E-state index contributed by atoms with van der Waals surface area (Å²) >= 11 is 0. The minimum atomic E-state index is -3.62. The summed E-state index contributed by atoms with van der Waals surface area (Å²) < 4.78 is 25.4. The second kappa shape index (κ2) is 4.96. The van der Waals surface area contributed by atoms with E-state index >= 15 is 0 Å². The lowest BCUT2D eigenvalue weighted by Gasteiger charge is -2.15. The van der Waals surface area contributed by atoms with Gasteiger partial charge in [0.1, 0.15) is 0 Å². The van der Waals surface area contributed by atoms with Crippen LogP contribution in [0.4, 0.5) is 0 Å². The van der Waals surface area contributed by atoms with E-state index in [1.807, 2.05) is 12.1 Å². The van der Waals surface area contributed by atoms with Crippen LogP contribution < -0.4 is 5.14 Å². The number of primary sulfonamides is 1. The van der Waals surface area contributed by atoms with Crippen molar-refractivity contribution in [3.63, 3.8) is 0 Å². The van der Waals surface area contributed by atoms with Gasteiger partial charge in [0.05, 0.1) is 4.90 Å². The van der Waals surface area contributed by atoms with Crippen LogP contribution in [0, 0.1) is 0 Å². The molecule has 0 spiro atoms. The van der Waals surface area contributed by atoms with Gasteiger partial charge in [0.15, 0.2) is 0 Å². The lowest BCUT2D eigenvalue weighted by molar-refractivity contribution is 0.598. The van der Waals surface area contributed by atoms with Gasteiger partial charge < -0.3 is 4.57 Å². The molecule has 22 heavy (non-hydrogen) atoms. The van der Waals surface area contributed by atoms with Crippen molar-refractivity contribution in [2.75, 3.05) is 0 Å². The first kappa shape index (κ1) is 14.0. The van der Waals surface area contributed by atoms with E-state index in [9.17, 15) is 8.42 Å². The normalized spacial score (nSPS) is 17.3. The summed E-state index contributed by atoms with van der Waals surface area (Å²) in [6.45, 7) is 1.13. The molecule has 4 rings (SSSR count). The lowest BCUT2D eigenvalue weighted by atomic mass is 9.90. The van der Waals surface area contributed by atoms with Crippen LogP contribution in [-0.2, 0) is 35.8 Å². The molecule has 2 aliphatic rings. The van der Waals surface area contributed by atoms with E-state index in [0.717, 1.165) is 24.9 Å². The summed E-state index contributed by atoms with van der Waals surface area (Å²) in [5.74, 6) is 0. The molecule has 0 saturated carbocycles. The highest BCUT2D eigenvalue weighted by Gasteiger charge is 2.27. The van der Waals surface area contributed by atoms with Crippen LogP contribution in [0.2, 0.25) is 0 Å². The van der Waals surface area contributed by atoms with Crippen molar-refractivity contribution in [2.45, 2.75) is 50.0 Å². The molecule has 0 radical (unpaired) electrons. The summed E-state index contributed by atoms with van der Waals surface area (Å²) in [6.07, 6.45) is 7.18. The molecule has 4 nitrogen and oxygen atoms in total. The molecule has 0 unspecified atom stereocenters. The monoisotopic (exact) mass is 316 g/mol. The topological polar surface area (TPSA) is 65.1 Å². The van der Waals surface area contributed by atoms with Gasteiger partial charge in [0.2, 0.25) is 10.0 Å². The molecule has 2 aromatic rings. The van der Waals surface area contributed by atoms with E-state index < -0.39 is 10.0 Å². The molecule has 1 aliphatic heterocycles. The maximum atomic E-state index is 11.4. The Balaban J connectivity index is 1.86. The number of hydrogen-bond donors (Lipinski definition) is 1.